The number of benzene rings is 3. The van der Waals surface area contributed by atoms with E-state index in [-0.39, 0.29) is 17.4 Å². The minimum atomic E-state index is -0.502. The highest BCUT2D eigenvalue weighted by Crippen LogP contribution is 2.48. The van der Waals surface area contributed by atoms with Crippen molar-refractivity contribution < 1.29 is 9.90 Å². The molecule has 0 bridgehead atoms. The first-order valence-corrected chi connectivity index (χ1v) is 13.5. The fourth-order valence-corrected chi connectivity index (χ4v) is 5.68. The monoisotopic (exact) mass is 494 g/mol. The van der Waals surface area contributed by atoms with E-state index in [1.165, 1.54) is 0 Å². The van der Waals surface area contributed by atoms with Crippen LogP contribution in [-0.2, 0) is 4.79 Å². The van der Waals surface area contributed by atoms with Crippen molar-refractivity contribution in [1.29, 1.82) is 5.41 Å². The lowest BCUT2D eigenvalue weighted by Gasteiger charge is -2.42. The summed E-state index contributed by atoms with van der Waals surface area (Å²) < 4.78 is 0. The van der Waals surface area contributed by atoms with Crippen molar-refractivity contribution in [2.45, 2.75) is 43.9 Å². The second kappa shape index (κ2) is 9.82. The summed E-state index contributed by atoms with van der Waals surface area (Å²) >= 11 is 1.66. The van der Waals surface area contributed by atoms with Gasteiger partial charge in [-0.25, -0.2) is 0 Å². The number of hydrogen-bond donors (Lipinski definition) is 2. The number of rotatable bonds is 4. The fraction of sp³-hybridized carbons (Fsp3) is 0.226. The predicted octanol–water partition coefficient (Wildman–Crippen LogP) is 7.58. The number of amidine groups is 1. The molecule has 0 spiro atoms. The minimum Gasteiger partial charge on any atom is -0.507 e. The van der Waals surface area contributed by atoms with Crippen LogP contribution in [0.3, 0.4) is 0 Å². The van der Waals surface area contributed by atoms with Crippen LogP contribution in [0.15, 0.2) is 94.5 Å². The Bertz CT molecular complexity index is 1400. The third kappa shape index (κ3) is 4.18. The zero-order chi connectivity index (χ0) is 25.4. The van der Waals surface area contributed by atoms with Gasteiger partial charge in [-0.3, -0.25) is 15.1 Å². The van der Waals surface area contributed by atoms with Crippen LogP contribution in [0.25, 0.3) is 5.76 Å². The van der Waals surface area contributed by atoms with Gasteiger partial charge in [0.15, 0.2) is 5.78 Å². The summed E-state index contributed by atoms with van der Waals surface area (Å²) in [6.07, 6.45) is 3.99. The summed E-state index contributed by atoms with van der Waals surface area (Å²) in [4.78, 5) is 16.6. The number of ketones is 1. The predicted molar refractivity (Wildman–Crippen MR) is 149 cm³/mol. The van der Waals surface area contributed by atoms with E-state index in [0.717, 1.165) is 45.8 Å². The van der Waals surface area contributed by atoms with Gasteiger partial charge in [-0.1, -0.05) is 60.2 Å². The third-order valence-corrected chi connectivity index (χ3v) is 7.88. The van der Waals surface area contributed by atoms with Crippen LogP contribution in [0, 0.1) is 19.3 Å². The van der Waals surface area contributed by atoms with Gasteiger partial charge in [0.05, 0.1) is 5.69 Å². The number of hydrogen-bond acceptors (Lipinski definition) is 4. The molecular weight excluding hydrogens is 464 g/mol. The van der Waals surface area contributed by atoms with Gasteiger partial charge in [-0.15, -0.1) is 11.8 Å². The Kier molecular flexibility index (Phi) is 6.59. The van der Waals surface area contributed by atoms with Crippen molar-refractivity contribution in [3.8, 4) is 0 Å². The van der Waals surface area contributed by atoms with E-state index < -0.39 is 5.92 Å². The van der Waals surface area contributed by atoms with E-state index in [1.54, 1.807) is 11.8 Å². The molecule has 182 valence electrons. The lowest BCUT2D eigenvalue weighted by atomic mass is 9.73. The number of nitrogens with one attached hydrogen (secondary N) is 1. The summed E-state index contributed by atoms with van der Waals surface area (Å²) in [6.45, 7) is 4.02. The van der Waals surface area contributed by atoms with E-state index >= 15 is 0 Å². The molecule has 0 saturated carbocycles. The molecule has 1 heterocycles. The maximum absolute atomic E-state index is 13.6. The summed E-state index contributed by atoms with van der Waals surface area (Å²) in [5, 5.41) is 21.2. The highest BCUT2D eigenvalue weighted by Gasteiger charge is 2.43. The van der Waals surface area contributed by atoms with E-state index in [4.69, 9.17) is 0 Å². The maximum Gasteiger partial charge on any atom is 0.161 e. The Labute approximate surface area is 216 Å². The average molecular weight is 495 g/mol. The Morgan fingerprint density at radius 1 is 0.972 bits per heavy atom. The first-order valence-electron chi connectivity index (χ1n) is 12.3. The van der Waals surface area contributed by atoms with E-state index in [0.29, 0.717) is 23.1 Å². The van der Waals surface area contributed by atoms with Gasteiger partial charge in [0.2, 0.25) is 0 Å². The molecule has 0 fully saturated rings. The van der Waals surface area contributed by atoms with Crippen molar-refractivity contribution in [2.75, 3.05) is 11.2 Å². The first-order chi connectivity index (χ1) is 17.4. The summed E-state index contributed by atoms with van der Waals surface area (Å²) in [7, 11) is 0. The summed E-state index contributed by atoms with van der Waals surface area (Å²) in [6, 6.07) is 23.8. The molecule has 1 atom stereocenters. The van der Waals surface area contributed by atoms with Crippen LogP contribution < -0.4 is 4.90 Å². The van der Waals surface area contributed by atoms with Gasteiger partial charge in [-0.05, 0) is 62.3 Å². The van der Waals surface area contributed by atoms with Gasteiger partial charge in [0, 0.05) is 39.6 Å². The van der Waals surface area contributed by atoms with Crippen LogP contribution >= 0.6 is 11.8 Å². The number of anilines is 1. The Morgan fingerprint density at radius 3 is 2.33 bits per heavy atom. The fourth-order valence-electron chi connectivity index (χ4n) is 5.27. The molecular formula is C31H30N2O2S. The largest absolute Gasteiger partial charge is 0.507 e. The quantitative estimate of drug-likeness (QED) is 0.290. The van der Waals surface area contributed by atoms with Crippen LogP contribution in [0.2, 0.25) is 0 Å². The second-order valence-electron chi connectivity index (χ2n) is 9.44. The highest BCUT2D eigenvalue weighted by atomic mass is 32.2. The number of carbonyl (C=O) groups is 1. The summed E-state index contributed by atoms with van der Waals surface area (Å²) in [5.74, 6) is -0.148. The molecule has 3 aromatic carbocycles. The van der Waals surface area contributed by atoms with Crippen molar-refractivity contribution in [3.63, 3.8) is 0 Å². The number of para-hydroxylation sites is 1. The van der Waals surface area contributed by atoms with Gasteiger partial charge in [0.25, 0.3) is 0 Å². The van der Waals surface area contributed by atoms with Gasteiger partial charge in [-0.2, -0.15) is 0 Å². The van der Waals surface area contributed by atoms with E-state index in [2.05, 4.69) is 0 Å². The number of carbonyl (C=O) groups excluding carboxylic acids is 1. The number of thioether (sulfide) groups is 1. The van der Waals surface area contributed by atoms with Crippen LogP contribution in [0.1, 0.15) is 47.4 Å². The third-order valence-electron chi connectivity index (χ3n) is 7.14. The topological polar surface area (TPSA) is 64.4 Å². The van der Waals surface area contributed by atoms with E-state index in [1.807, 2.05) is 97.8 Å². The molecule has 0 saturated heterocycles. The van der Waals surface area contributed by atoms with Crippen molar-refractivity contribution >= 4 is 34.8 Å². The van der Waals surface area contributed by atoms with Gasteiger partial charge < -0.3 is 5.11 Å². The number of aryl methyl sites for hydroxylation is 2. The number of Topliss-reactive ketones (excluding diaryl/α,β-unsaturated/α-hetero) is 1. The molecule has 2 aliphatic rings. The first kappa shape index (κ1) is 24.1. The number of aliphatic hydroxyl groups is 1. The molecule has 3 aromatic rings. The highest BCUT2D eigenvalue weighted by molar-refractivity contribution is 7.98. The number of allylic oxidation sites excluding steroid dienone is 2. The molecule has 0 unspecified atom stereocenters. The lowest BCUT2D eigenvalue weighted by Crippen LogP contribution is -2.42. The Balaban J connectivity index is 1.82. The van der Waals surface area contributed by atoms with Crippen LogP contribution in [0.4, 0.5) is 5.69 Å². The number of aliphatic hydroxyl groups excluding tert-OH is 1. The smallest absolute Gasteiger partial charge is 0.161 e. The van der Waals surface area contributed by atoms with Crippen LogP contribution in [-0.4, -0.2) is 23.0 Å². The SMILES string of the molecule is CSc1ccc([C@@H]2C3=C(CCCC3=O)N(c3ccccc3C)C(=N)/C2=C(/O)c2ccc(C)cc2)cc1. The summed E-state index contributed by atoms with van der Waals surface area (Å²) in [5.41, 5.74) is 6.58. The minimum absolute atomic E-state index is 0.0439. The molecule has 0 amide bonds. The normalized spacial score (nSPS) is 19.4. The van der Waals surface area contributed by atoms with Gasteiger partial charge >= 0.3 is 0 Å². The number of nitrogens with zero attached hydrogens (tertiary/aromatic N) is 1. The van der Waals surface area contributed by atoms with Crippen LogP contribution in [0.5, 0.6) is 0 Å². The molecule has 2 N–H and O–H groups in total. The molecule has 1 aliphatic carbocycles. The standard InChI is InChI=1S/C31H30N2O2S/c1-19-11-13-22(14-12-19)30(35)29-27(21-15-17-23(36-3)18-16-21)28-25(9-6-10-26(28)34)33(31(29)32)24-8-5-4-7-20(24)2/h4-5,7-8,11-18,27,32,35H,6,9-10H2,1-3H3/b30-29+,32-31?/t27-/m1/s1. The van der Waals surface area contributed by atoms with E-state index in [9.17, 15) is 15.3 Å². The molecule has 5 heteroatoms. The molecule has 5 rings (SSSR count). The molecule has 0 radical (unpaired) electrons. The Hall–Kier alpha value is -3.57. The lowest BCUT2D eigenvalue weighted by molar-refractivity contribution is -0.116. The van der Waals surface area contributed by atoms with Crippen molar-refractivity contribution in [3.05, 3.63) is 112 Å². The second-order valence-corrected chi connectivity index (χ2v) is 10.3. The molecule has 0 aromatic heterocycles. The Morgan fingerprint density at radius 2 is 1.67 bits per heavy atom. The van der Waals surface area contributed by atoms with Gasteiger partial charge in [0.1, 0.15) is 11.6 Å². The van der Waals surface area contributed by atoms with Crippen molar-refractivity contribution in [1.82, 2.24) is 0 Å². The molecule has 1 aliphatic heterocycles. The molecule has 36 heavy (non-hydrogen) atoms. The average Bonchev–Trinajstić information content (AvgIpc) is 2.89. The van der Waals surface area contributed by atoms with Crippen molar-refractivity contribution in [2.24, 2.45) is 0 Å². The molecule has 4 nitrogen and oxygen atoms in total. The zero-order valence-electron chi connectivity index (χ0n) is 20.8. The zero-order valence-corrected chi connectivity index (χ0v) is 21.7. The maximum atomic E-state index is 13.6.